The van der Waals surface area contributed by atoms with Crippen LogP contribution in [0.5, 0.6) is 0 Å². The Balaban J connectivity index is 5.43. The normalized spacial score (nSPS) is 14.4. The van der Waals surface area contributed by atoms with Crippen LogP contribution in [0.1, 0.15) is 52.4 Å². The van der Waals surface area contributed by atoms with Gasteiger partial charge in [0.15, 0.2) is 0 Å². The van der Waals surface area contributed by atoms with Crippen LogP contribution in [0.3, 0.4) is 0 Å². The van der Waals surface area contributed by atoms with Crippen LogP contribution in [0.15, 0.2) is 0 Å². The van der Waals surface area contributed by atoms with E-state index in [-0.39, 0.29) is 6.42 Å². The zero-order chi connectivity index (χ0) is 26.4. The molecule has 34 heavy (non-hydrogen) atoms. The Labute approximate surface area is 197 Å². The van der Waals surface area contributed by atoms with Gasteiger partial charge >= 0.3 is 11.9 Å². The maximum atomic E-state index is 12.8. The molecule has 0 saturated carbocycles. The highest BCUT2D eigenvalue weighted by Crippen LogP contribution is 2.07. The average molecular weight is 489 g/mol. The second kappa shape index (κ2) is 15.6. The Kier molecular flexibility index (Phi) is 14.1. The van der Waals surface area contributed by atoms with E-state index in [1.807, 2.05) is 0 Å². The zero-order valence-electron chi connectivity index (χ0n) is 19.4. The van der Waals surface area contributed by atoms with E-state index in [0.717, 1.165) is 0 Å². The third kappa shape index (κ3) is 12.1. The van der Waals surface area contributed by atoms with Crippen LogP contribution >= 0.6 is 0 Å². The molecule has 0 saturated heterocycles. The summed E-state index contributed by atoms with van der Waals surface area (Å²) < 4.78 is 0. The summed E-state index contributed by atoms with van der Waals surface area (Å²) in [7, 11) is 0. The first-order valence-electron chi connectivity index (χ1n) is 10.9. The van der Waals surface area contributed by atoms with E-state index in [1.54, 1.807) is 13.8 Å². The number of amides is 4. The first-order valence-corrected chi connectivity index (χ1v) is 10.9. The molecule has 11 N–H and O–H groups in total. The van der Waals surface area contributed by atoms with Crippen molar-refractivity contribution in [3.8, 4) is 0 Å². The van der Waals surface area contributed by atoms with Gasteiger partial charge in [-0.3, -0.25) is 24.0 Å². The highest BCUT2D eigenvalue weighted by Gasteiger charge is 2.32. The molecule has 0 fully saturated rings. The van der Waals surface area contributed by atoms with Gasteiger partial charge in [0.2, 0.25) is 23.6 Å². The monoisotopic (exact) mass is 488 g/mol. The summed E-state index contributed by atoms with van der Waals surface area (Å²) in [4.78, 5) is 71.2. The highest BCUT2D eigenvalue weighted by atomic mass is 16.4. The summed E-state index contributed by atoms with van der Waals surface area (Å²) in [6.45, 7) is 3.58. The number of hydrogen-bond acceptors (Lipinski definition) is 8. The maximum Gasteiger partial charge on any atom is 0.326 e. The third-order valence-corrected chi connectivity index (χ3v) is 4.85. The fraction of sp³-hybridized carbons (Fsp3) is 0.700. The van der Waals surface area contributed by atoms with Crippen molar-refractivity contribution in [2.75, 3.05) is 6.54 Å². The van der Waals surface area contributed by atoms with Crippen LogP contribution < -0.4 is 33.2 Å². The van der Waals surface area contributed by atoms with E-state index >= 15 is 0 Å². The molecule has 0 aromatic carbocycles. The minimum absolute atomic E-state index is 0.270. The molecular formula is C20H36N6O8. The molecular weight excluding hydrogens is 452 g/mol. The van der Waals surface area contributed by atoms with Gasteiger partial charge in [0.05, 0.1) is 12.5 Å². The third-order valence-electron chi connectivity index (χ3n) is 4.85. The SMILES string of the molecule is CC(C)C(NC(=O)C(CCC(=O)O)NC(=O)C(N)CCCCN)C(=O)NC(CC(N)=O)C(=O)O. The minimum atomic E-state index is -1.60. The summed E-state index contributed by atoms with van der Waals surface area (Å²) in [6.07, 6.45) is 0.182. The molecule has 0 radical (unpaired) electrons. The number of carboxylic acids is 2. The molecule has 14 nitrogen and oxygen atoms in total. The molecule has 14 heteroatoms. The number of carbonyl (C=O) groups is 6. The molecule has 0 aliphatic carbocycles. The van der Waals surface area contributed by atoms with Crippen molar-refractivity contribution < 1.29 is 39.0 Å². The van der Waals surface area contributed by atoms with Gasteiger partial charge in [-0.25, -0.2) is 4.79 Å². The molecule has 0 aliphatic rings. The summed E-state index contributed by atoms with van der Waals surface area (Å²) in [5.41, 5.74) is 16.2. The smallest absolute Gasteiger partial charge is 0.326 e. The lowest BCUT2D eigenvalue weighted by atomic mass is 10.0. The molecule has 0 aliphatic heterocycles. The lowest BCUT2D eigenvalue weighted by Gasteiger charge is -2.26. The number of hydrogen-bond donors (Lipinski definition) is 8. The molecule has 4 amide bonds. The molecule has 0 rings (SSSR count). The zero-order valence-corrected chi connectivity index (χ0v) is 19.4. The fourth-order valence-electron chi connectivity index (χ4n) is 2.91. The van der Waals surface area contributed by atoms with Crippen molar-refractivity contribution in [1.82, 2.24) is 16.0 Å². The summed E-state index contributed by atoms with van der Waals surface area (Å²) in [5.74, 6) is -6.57. The van der Waals surface area contributed by atoms with Gasteiger partial charge in [-0.1, -0.05) is 20.3 Å². The predicted octanol–water partition coefficient (Wildman–Crippen LogP) is -2.62. The van der Waals surface area contributed by atoms with Crippen molar-refractivity contribution in [3.05, 3.63) is 0 Å². The summed E-state index contributed by atoms with van der Waals surface area (Å²) in [5, 5.41) is 25.1. The standard InChI is InChI=1S/C20H36N6O8/c1-10(2)16(19(32)25-13(20(33)34)9-14(23)27)26-18(31)12(6-7-15(28)29)24-17(30)11(22)5-3-4-8-21/h10-13,16H,3-9,21-22H2,1-2H3,(H2,23,27)(H,24,30)(H,25,32)(H,26,31)(H,28,29)(H,33,34). The van der Waals surface area contributed by atoms with Crippen LogP contribution in [0.4, 0.5) is 0 Å². The highest BCUT2D eigenvalue weighted by molar-refractivity contribution is 5.95. The number of unbranched alkanes of at least 4 members (excludes halogenated alkanes) is 1. The largest absolute Gasteiger partial charge is 0.481 e. The number of nitrogens with two attached hydrogens (primary N) is 3. The van der Waals surface area contributed by atoms with Gasteiger partial charge in [0.25, 0.3) is 0 Å². The molecule has 0 heterocycles. The van der Waals surface area contributed by atoms with Gasteiger partial charge in [-0.15, -0.1) is 0 Å². The number of nitrogens with one attached hydrogen (secondary N) is 3. The van der Waals surface area contributed by atoms with Gasteiger partial charge in [0, 0.05) is 6.42 Å². The topological polar surface area (TPSA) is 257 Å². The van der Waals surface area contributed by atoms with Crippen molar-refractivity contribution in [1.29, 1.82) is 0 Å². The quantitative estimate of drug-likeness (QED) is 0.0988. The van der Waals surface area contributed by atoms with Crippen LogP contribution in [0.25, 0.3) is 0 Å². The van der Waals surface area contributed by atoms with E-state index in [1.165, 1.54) is 0 Å². The van der Waals surface area contributed by atoms with Crippen molar-refractivity contribution in [2.24, 2.45) is 23.1 Å². The van der Waals surface area contributed by atoms with Gasteiger partial charge in [-0.05, 0) is 31.7 Å². The van der Waals surface area contributed by atoms with Gasteiger partial charge in [0.1, 0.15) is 18.1 Å². The van der Waals surface area contributed by atoms with E-state index in [9.17, 15) is 33.9 Å². The Morgan fingerprint density at radius 2 is 1.41 bits per heavy atom. The summed E-state index contributed by atoms with van der Waals surface area (Å²) in [6, 6.07) is -5.10. The van der Waals surface area contributed by atoms with Crippen LogP contribution in [-0.2, 0) is 28.8 Å². The van der Waals surface area contributed by atoms with E-state index in [4.69, 9.17) is 22.3 Å². The Bertz CT molecular complexity index is 745. The maximum absolute atomic E-state index is 12.8. The number of carboxylic acid groups (broad SMARTS) is 2. The van der Waals surface area contributed by atoms with Gasteiger partial charge in [-0.2, -0.15) is 0 Å². The van der Waals surface area contributed by atoms with Crippen molar-refractivity contribution in [2.45, 2.75) is 76.5 Å². The van der Waals surface area contributed by atoms with Gasteiger partial charge < -0.3 is 43.4 Å². The van der Waals surface area contributed by atoms with Crippen LogP contribution in [-0.4, -0.2) is 76.5 Å². The van der Waals surface area contributed by atoms with E-state index in [0.29, 0.717) is 25.8 Å². The summed E-state index contributed by atoms with van der Waals surface area (Å²) >= 11 is 0. The number of carbonyl (C=O) groups excluding carboxylic acids is 4. The Morgan fingerprint density at radius 3 is 1.88 bits per heavy atom. The van der Waals surface area contributed by atoms with Crippen LogP contribution in [0, 0.1) is 5.92 Å². The fourth-order valence-corrected chi connectivity index (χ4v) is 2.91. The minimum Gasteiger partial charge on any atom is -0.481 e. The van der Waals surface area contributed by atoms with E-state index < -0.39 is 78.5 Å². The lowest BCUT2D eigenvalue weighted by Crippen LogP contribution is -2.58. The number of primary amides is 1. The first kappa shape index (κ1) is 30.7. The second-order valence-electron chi connectivity index (χ2n) is 8.18. The van der Waals surface area contributed by atoms with Crippen molar-refractivity contribution >= 4 is 35.6 Å². The average Bonchev–Trinajstić information content (AvgIpc) is 2.73. The second-order valence-corrected chi connectivity index (χ2v) is 8.18. The Morgan fingerprint density at radius 1 is 0.824 bits per heavy atom. The van der Waals surface area contributed by atoms with E-state index in [2.05, 4.69) is 16.0 Å². The molecule has 194 valence electrons. The first-order chi connectivity index (χ1) is 15.8. The lowest BCUT2D eigenvalue weighted by molar-refractivity contribution is -0.144. The van der Waals surface area contributed by atoms with Crippen molar-refractivity contribution in [3.63, 3.8) is 0 Å². The molecule has 4 atom stereocenters. The van der Waals surface area contributed by atoms with Crippen LogP contribution in [0.2, 0.25) is 0 Å². The number of aliphatic carboxylic acids is 2. The molecule has 0 aromatic heterocycles. The molecule has 0 spiro atoms. The predicted molar refractivity (Wildman–Crippen MR) is 120 cm³/mol. The molecule has 0 bridgehead atoms. The molecule has 4 unspecified atom stereocenters. The Hall–Kier alpha value is -3.26. The number of rotatable bonds is 17. The molecule has 0 aromatic rings.